The van der Waals surface area contributed by atoms with Gasteiger partial charge in [-0.05, 0) is 18.9 Å². The van der Waals surface area contributed by atoms with Crippen LogP contribution in [0.2, 0.25) is 0 Å². The Hall–Kier alpha value is -1.35. The second-order valence-corrected chi connectivity index (χ2v) is 4.89. The molecule has 1 aliphatic heterocycles. The van der Waals surface area contributed by atoms with Gasteiger partial charge in [0.25, 0.3) is 0 Å². The van der Waals surface area contributed by atoms with E-state index in [4.69, 9.17) is 4.74 Å². The van der Waals surface area contributed by atoms with Crippen molar-refractivity contribution in [2.45, 2.75) is 38.9 Å². The van der Waals surface area contributed by atoms with Crippen molar-refractivity contribution >= 4 is 5.91 Å². The molecule has 1 heterocycles. The summed E-state index contributed by atoms with van der Waals surface area (Å²) in [6.45, 7) is 5.45. The average molecular weight is 247 g/mol. The molecule has 1 aromatic rings. The number of carbonyl (C=O) groups is 1. The first-order valence-corrected chi connectivity index (χ1v) is 6.69. The molecule has 2 atom stereocenters. The Labute approximate surface area is 109 Å². The van der Waals surface area contributed by atoms with E-state index in [1.165, 1.54) is 0 Å². The molecule has 0 radical (unpaired) electrons. The van der Waals surface area contributed by atoms with Crippen molar-refractivity contribution in [3.05, 3.63) is 35.9 Å². The molecule has 1 saturated heterocycles. The van der Waals surface area contributed by atoms with Crippen LogP contribution in [0.3, 0.4) is 0 Å². The third-order valence-electron chi connectivity index (χ3n) is 3.25. The third-order valence-corrected chi connectivity index (χ3v) is 3.25. The first-order chi connectivity index (χ1) is 8.70. The number of carbonyl (C=O) groups excluding carboxylic acids is 1. The summed E-state index contributed by atoms with van der Waals surface area (Å²) in [5.41, 5.74) is 1.15. The minimum Gasteiger partial charge on any atom is -0.367 e. The fraction of sp³-hybridized carbons (Fsp3) is 0.533. The molecule has 98 valence electrons. The molecule has 0 bridgehead atoms. The smallest absolute Gasteiger partial charge is 0.222 e. The van der Waals surface area contributed by atoms with Gasteiger partial charge in [-0.25, -0.2) is 0 Å². The number of amides is 1. The van der Waals surface area contributed by atoms with Gasteiger partial charge in [-0.15, -0.1) is 0 Å². The van der Waals surface area contributed by atoms with E-state index in [0.717, 1.165) is 12.0 Å². The van der Waals surface area contributed by atoms with E-state index >= 15 is 0 Å². The molecule has 0 N–H and O–H groups in total. The Kier molecular flexibility index (Phi) is 4.37. The summed E-state index contributed by atoms with van der Waals surface area (Å²) in [6.07, 6.45) is 1.65. The number of nitrogens with zero attached hydrogens (tertiary/aromatic N) is 1. The van der Waals surface area contributed by atoms with Gasteiger partial charge in [0.1, 0.15) is 6.10 Å². The van der Waals surface area contributed by atoms with Crippen molar-refractivity contribution < 1.29 is 9.53 Å². The summed E-state index contributed by atoms with van der Waals surface area (Å²) in [7, 11) is 0. The van der Waals surface area contributed by atoms with E-state index in [-0.39, 0.29) is 18.1 Å². The van der Waals surface area contributed by atoms with Crippen molar-refractivity contribution in [3.63, 3.8) is 0 Å². The van der Waals surface area contributed by atoms with Crippen LogP contribution >= 0.6 is 0 Å². The molecule has 0 aromatic heterocycles. The van der Waals surface area contributed by atoms with Crippen LogP contribution in [0.5, 0.6) is 0 Å². The van der Waals surface area contributed by atoms with Crippen molar-refractivity contribution in [1.29, 1.82) is 0 Å². The first-order valence-electron chi connectivity index (χ1n) is 6.69. The zero-order chi connectivity index (χ0) is 13.0. The molecule has 1 fully saturated rings. The van der Waals surface area contributed by atoms with Crippen LogP contribution in [0.15, 0.2) is 30.3 Å². The second kappa shape index (κ2) is 6.01. The Bertz CT molecular complexity index is 391. The monoisotopic (exact) mass is 247 g/mol. The van der Waals surface area contributed by atoms with Gasteiger partial charge in [-0.1, -0.05) is 37.3 Å². The molecular formula is C15H21NO2. The Balaban J connectivity index is 2.07. The maximum Gasteiger partial charge on any atom is 0.222 e. The minimum atomic E-state index is 0.00996. The lowest BCUT2D eigenvalue weighted by Crippen LogP contribution is -2.45. The molecule has 0 unspecified atom stereocenters. The Morgan fingerprint density at radius 3 is 2.72 bits per heavy atom. The summed E-state index contributed by atoms with van der Waals surface area (Å²) < 4.78 is 5.94. The molecule has 3 nitrogen and oxygen atoms in total. The highest BCUT2D eigenvalue weighted by molar-refractivity contribution is 5.76. The zero-order valence-electron chi connectivity index (χ0n) is 11.1. The maximum absolute atomic E-state index is 12.0. The van der Waals surface area contributed by atoms with Crippen LogP contribution in [0.4, 0.5) is 0 Å². The topological polar surface area (TPSA) is 29.5 Å². The van der Waals surface area contributed by atoms with Crippen molar-refractivity contribution in [2.75, 3.05) is 13.1 Å². The van der Waals surface area contributed by atoms with Gasteiger partial charge < -0.3 is 9.64 Å². The van der Waals surface area contributed by atoms with Gasteiger partial charge in [0, 0.05) is 13.0 Å². The molecule has 0 saturated carbocycles. The summed E-state index contributed by atoms with van der Waals surface area (Å²) in [6, 6.07) is 10.1. The highest BCUT2D eigenvalue weighted by Gasteiger charge is 2.28. The van der Waals surface area contributed by atoms with Gasteiger partial charge in [-0.2, -0.15) is 0 Å². The van der Waals surface area contributed by atoms with Crippen molar-refractivity contribution in [1.82, 2.24) is 4.90 Å². The number of hydrogen-bond donors (Lipinski definition) is 0. The summed E-state index contributed by atoms with van der Waals surface area (Å²) in [4.78, 5) is 13.9. The maximum atomic E-state index is 12.0. The van der Waals surface area contributed by atoms with Gasteiger partial charge in [0.2, 0.25) is 5.91 Å². The quantitative estimate of drug-likeness (QED) is 0.822. The van der Waals surface area contributed by atoms with Gasteiger partial charge in [-0.3, -0.25) is 4.79 Å². The Morgan fingerprint density at radius 1 is 1.33 bits per heavy atom. The fourth-order valence-electron chi connectivity index (χ4n) is 2.38. The predicted octanol–water partition coefficient (Wildman–Crippen LogP) is 2.78. The van der Waals surface area contributed by atoms with Crippen LogP contribution in [0, 0.1) is 0 Å². The fourth-order valence-corrected chi connectivity index (χ4v) is 2.38. The van der Waals surface area contributed by atoms with Gasteiger partial charge in [0.15, 0.2) is 0 Å². The lowest BCUT2D eigenvalue weighted by molar-refractivity contribution is -0.144. The van der Waals surface area contributed by atoms with E-state index < -0.39 is 0 Å². The molecule has 18 heavy (non-hydrogen) atoms. The van der Waals surface area contributed by atoms with Crippen LogP contribution in [-0.2, 0) is 9.53 Å². The molecular weight excluding hydrogens is 226 g/mol. The summed E-state index contributed by atoms with van der Waals surface area (Å²) in [5.74, 6) is 0.244. The lowest BCUT2D eigenvalue weighted by atomic mass is 10.1. The number of rotatable bonds is 3. The SMILES string of the molecule is CCCC(=O)N1C[C@@H](C)O[C@H](c2ccccc2)C1. The average Bonchev–Trinajstić information content (AvgIpc) is 2.39. The minimum absolute atomic E-state index is 0.00996. The molecule has 0 aliphatic carbocycles. The first kappa shape index (κ1) is 13.1. The largest absolute Gasteiger partial charge is 0.367 e. The number of morpholine rings is 1. The van der Waals surface area contributed by atoms with Crippen molar-refractivity contribution in [2.24, 2.45) is 0 Å². The second-order valence-electron chi connectivity index (χ2n) is 4.89. The van der Waals surface area contributed by atoms with E-state index in [2.05, 4.69) is 12.1 Å². The Morgan fingerprint density at radius 2 is 2.06 bits per heavy atom. The van der Waals surface area contributed by atoms with E-state index in [1.807, 2.05) is 36.9 Å². The standard InChI is InChI=1S/C15H21NO2/c1-3-7-15(17)16-10-12(2)18-14(11-16)13-8-5-4-6-9-13/h4-6,8-9,12,14H,3,7,10-11H2,1-2H3/t12-,14+/m1/s1. The summed E-state index contributed by atoms with van der Waals surface area (Å²) >= 11 is 0. The lowest BCUT2D eigenvalue weighted by Gasteiger charge is -2.37. The highest BCUT2D eigenvalue weighted by Crippen LogP contribution is 2.25. The molecule has 2 rings (SSSR count). The number of hydrogen-bond acceptors (Lipinski definition) is 2. The number of benzene rings is 1. The van der Waals surface area contributed by atoms with E-state index in [0.29, 0.717) is 19.5 Å². The molecule has 1 amide bonds. The van der Waals surface area contributed by atoms with Crippen LogP contribution in [0.25, 0.3) is 0 Å². The molecule has 0 spiro atoms. The van der Waals surface area contributed by atoms with Crippen molar-refractivity contribution in [3.8, 4) is 0 Å². The normalized spacial score (nSPS) is 24.0. The number of ether oxygens (including phenoxy) is 1. The molecule has 1 aromatic carbocycles. The highest BCUT2D eigenvalue weighted by atomic mass is 16.5. The molecule has 3 heteroatoms. The predicted molar refractivity (Wildman–Crippen MR) is 71.2 cm³/mol. The molecule has 1 aliphatic rings. The van der Waals surface area contributed by atoms with Crippen LogP contribution < -0.4 is 0 Å². The van der Waals surface area contributed by atoms with Crippen LogP contribution in [0.1, 0.15) is 38.4 Å². The van der Waals surface area contributed by atoms with E-state index in [1.54, 1.807) is 0 Å². The zero-order valence-corrected chi connectivity index (χ0v) is 11.1. The summed E-state index contributed by atoms with van der Waals surface area (Å²) in [5, 5.41) is 0. The van der Waals surface area contributed by atoms with Gasteiger partial charge in [0.05, 0.1) is 12.6 Å². The van der Waals surface area contributed by atoms with Crippen LogP contribution in [-0.4, -0.2) is 30.0 Å². The third kappa shape index (κ3) is 3.10. The van der Waals surface area contributed by atoms with Gasteiger partial charge >= 0.3 is 0 Å². The van der Waals surface area contributed by atoms with E-state index in [9.17, 15) is 4.79 Å².